The number of rotatable bonds is 3. The molecule has 0 saturated carbocycles. The van der Waals surface area contributed by atoms with Crippen LogP contribution in [0.1, 0.15) is 11.1 Å². The van der Waals surface area contributed by atoms with E-state index in [9.17, 15) is 0 Å². The van der Waals surface area contributed by atoms with Crippen LogP contribution in [0.4, 0.5) is 0 Å². The molecule has 4 aromatic carbocycles. The quantitative estimate of drug-likeness (QED) is 0.220. The van der Waals surface area contributed by atoms with E-state index in [1.54, 1.807) is 18.6 Å². The summed E-state index contributed by atoms with van der Waals surface area (Å²) in [5.74, 6) is 0. The van der Waals surface area contributed by atoms with Crippen LogP contribution < -0.4 is 0 Å². The van der Waals surface area contributed by atoms with E-state index in [4.69, 9.17) is 9.40 Å². The van der Waals surface area contributed by atoms with Gasteiger partial charge in [-0.2, -0.15) is 0 Å². The van der Waals surface area contributed by atoms with Crippen molar-refractivity contribution in [1.29, 1.82) is 0 Å². The Labute approximate surface area is 189 Å². The molecule has 3 aromatic heterocycles. The number of fused-ring (bicyclic) bond motifs is 3. The third kappa shape index (κ3) is 2.68. The lowest BCUT2D eigenvalue weighted by molar-refractivity contribution is 0.669. The third-order valence-electron chi connectivity index (χ3n) is 6.27. The molecule has 0 unspecified atom stereocenters. The molecule has 4 nitrogen and oxygen atoms in total. The van der Waals surface area contributed by atoms with Crippen molar-refractivity contribution < 1.29 is 4.42 Å². The first-order valence-corrected chi connectivity index (χ1v) is 10.9. The molecule has 0 atom stereocenters. The summed E-state index contributed by atoms with van der Waals surface area (Å²) in [6, 6.07) is 22.8. The highest BCUT2D eigenvalue weighted by Gasteiger charge is 2.19. The van der Waals surface area contributed by atoms with Gasteiger partial charge in [0.15, 0.2) is 0 Å². The van der Waals surface area contributed by atoms with E-state index < -0.39 is 0 Å². The molecule has 4 heteroatoms. The number of pyridine rings is 1. The van der Waals surface area contributed by atoms with Crippen molar-refractivity contribution in [2.45, 2.75) is 0 Å². The Kier molecular flexibility index (Phi) is 3.81. The lowest BCUT2D eigenvalue weighted by atomic mass is 9.93. The summed E-state index contributed by atoms with van der Waals surface area (Å²) >= 11 is 0. The maximum absolute atomic E-state index is 6.21. The maximum Gasteiger partial charge on any atom is 0.136 e. The molecule has 0 aliphatic heterocycles. The Morgan fingerprint density at radius 1 is 0.606 bits per heavy atom. The van der Waals surface area contributed by atoms with Gasteiger partial charge >= 0.3 is 0 Å². The highest BCUT2D eigenvalue weighted by atomic mass is 16.3. The molecule has 7 rings (SSSR count). The summed E-state index contributed by atoms with van der Waals surface area (Å²) in [7, 11) is 0. The van der Waals surface area contributed by atoms with Crippen molar-refractivity contribution in [3.05, 3.63) is 103 Å². The molecule has 3 heterocycles. The summed E-state index contributed by atoms with van der Waals surface area (Å²) < 4.78 is 6.21. The third-order valence-corrected chi connectivity index (χ3v) is 6.27. The van der Waals surface area contributed by atoms with Crippen LogP contribution in [0.15, 0.2) is 95.9 Å². The fourth-order valence-corrected chi connectivity index (χ4v) is 4.86. The standard InChI is InChI=1S/C29H17N3O/c1-2-6-20(23-17-30-15-16-31-23)18(5-1)10-11-19-12-13-25-28-26(19)29-22(8-4-14-32-29)21-7-3-9-24(33-25)27(21)28/h1-17H/b11-10+. The molecular weight excluding hydrogens is 406 g/mol. The Morgan fingerprint density at radius 3 is 2.42 bits per heavy atom. The van der Waals surface area contributed by atoms with Gasteiger partial charge in [0.05, 0.1) is 17.4 Å². The largest absolute Gasteiger partial charge is 0.456 e. The van der Waals surface area contributed by atoms with E-state index in [1.165, 1.54) is 10.8 Å². The van der Waals surface area contributed by atoms with Crippen molar-refractivity contribution in [3.63, 3.8) is 0 Å². The second kappa shape index (κ2) is 6.97. The highest BCUT2D eigenvalue weighted by Crippen LogP contribution is 2.43. The Morgan fingerprint density at radius 2 is 1.48 bits per heavy atom. The fraction of sp³-hybridized carbons (Fsp3) is 0. The van der Waals surface area contributed by atoms with Crippen LogP contribution in [0, 0.1) is 0 Å². The molecule has 0 aliphatic rings. The first-order chi connectivity index (χ1) is 16.4. The topological polar surface area (TPSA) is 51.8 Å². The van der Waals surface area contributed by atoms with E-state index >= 15 is 0 Å². The van der Waals surface area contributed by atoms with E-state index in [0.717, 1.165) is 55.2 Å². The number of hydrogen-bond acceptors (Lipinski definition) is 4. The van der Waals surface area contributed by atoms with E-state index in [-0.39, 0.29) is 0 Å². The summed E-state index contributed by atoms with van der Waals surface area (Å²) in [6.45, 7) is 0. The minimum absolute atomic E-state index is 0.854. The first kappa shape index (κ1) is 18.0. The van der Waals surface area contributed by atoms with Gasteiger partial charge in [0, 0.05) is 45.7 Å². The monoisotopic (exact) mass is 423 g/mol. The Balaban J connectivity index is 1.50. The fourth-order valence-electron chi connectivity index (χ4n) is 4.86. The SMILES string of the molecule is C(=C\c1ccc2oc3cccc4c5cccnc5c1c2c34)/c1ccccc1-c1cnccn1. The molecular formula is C29H17N3O. The van der Waals surface area contributed by atoms with Gasteiger partial charge in [-0.3, -0.25) is 15.0 Å². The first-order valence-electron chi connectivity index (χ1n) is 10.9. The normalized spacial score (nSPS) is 12.1. The second-order valence-electron chi connectivity index (χ2n) is 8.09. The number of furan rings is 1. The molecule has 7 aromatic rings. The van der Waals surface area contributed by atoms with E-state index in [0.29, 0.717) is 0 Å². The number of aromatic nitrogens is 3. The zero-order valence-corrected chi connectivity index (χ0v) is 17.6. The lowest BCUT2D eigenvalue weighted by Crippen LogP contribution is -1.88. The number of hydrogen-bond donors (Lipinski definition) is 0. The van der Waals surface area contributed by atoms with Crippen molar-refractivity contribution >= 4 is 55.8 Å². The molecule has 0 saturated heterocycles. The Hall–Kier alpha value is -4.57. The molecule has 0 N–H and O–H groups in total. The second-order valence-corrected chi connectivity index (χ2v) is 8.09. The molecule has 0 radical (unpaired) electrons. The molecule has 0 fully saturated rings. The minimum Gasteiger partial charge on any atom is -0.456 e. The van der Waals surface area contributed by atoms with Crippen LogP contribution in [-0.4, -0.2) is 15.0 Å². The van der Waals surface area contributed by atoms with Crippen molar-refractivity contribution in [2.24, 2.45) is 0 Å². The summed E-state index contributed by atoms with van der Waals surface area (Å²) in [5.41, 5.74) is 6.88. The zero-order valence-electron chi connectivity index (χ0n) is 17.6. The average Bonchev–Trinajstić information content (AvgIpc) is 3.27. The van der Waals surface area contributed by atoms with Crippen LogP contribution in [-0.2, 0) is 0 Å². The predicted octanol–water partition coefficient (Wildman–Crippen LogP) is 7.35. The van der Waals surface area contributed by atoms with Crippen LogP contribution in [0.3, 0.4) is 0 Å². The van der Waals surface area contributed by atoms with Crippen LogP contribution in [0.2, 0.25) is 0 Å². The predicted molar refractivity (Wildman–Crippen MR) is 134 cm³/mol. The van der Waals surface area contributed by atoms with E-state index in [1.807, 2.05) is 36.5 Å². The molecule has 33 heavy (non-hydrogen) atoms. The molecule has 0 bridgehead atoms. The highest BCUT2D eigenvalue weighted by molar-refractivity contribution is 6.33. The summed E-state index contributed by atoms with van der Waals surface area (Å²) in [5, 5.41) is 5.73. The summed E-state index contributed by atoms with van der Waals surface area (Å²) in [6.07, 6.45) is 11.4. The van der Waals surface area contributed by atoms with Gasteiger partial charge in [-0.15, -0.1) is 0 Å². The molecule has 0 amide bonds. The molecule has 0 aliphatic carbocycles. The van der Waals surface area contributed by atoms with Gasteiger partial charge in [0.2, 0.25) is 0 Å². The van der Waals surface area contributed by atoms with Crippen LogP contribution >= 0.6 is 0 Å². The van der Waals surface area contributed by atoms with Gasteiger partial charge in [-0.1, -0.05) is 60.7 Å². The average molecular weight is 423 g/mol. The zero-order chi connectivity index (χ0) is 21.8. The van der Waals surface area contributed by atoms with Crippen molar-refractivity contribution in [2.75, 3.05) is 0 Å². The minimum atomic E-state index is 0.854. The molecule has 0 spiro atoms. The molecule has 154 valence electrons. The van der Waals surface area contributed by atoms with Gasteiger partial charge in [-0.05, 0) is 34.7 Å². The van der Waals surface area contributed by atoms with E-state index in [2.05, 4.69) is 58.5 Å². The maximum atomic E-state index is 6.21. The van der Waals surface area contributed by atoms with Gasteiger partial charge in [0.1, 0.15) is 11.2 Å². The van der Waals surface area contributed by atoms with Gasteiger partial charge < -0.3 is 4.42 Å². The number of benzene rings is 4. The smallest absolute Gasteiger partial charge is 0.136 e. The van der Waals surface area contributed by atoms with Crippen molar-refractivity contribution in [3.8, 4) is 11.3 Å². The summed E-state index contributed by atoms with van der Waals surface area (Å²) in [4.78, 5) is 13.5. The lowest BCUT2D eigenvalue weighted by Gasteiger charge is -2.10. The number of nitrogens with zero attached hydrogens (tertiary/aromatic N) is 3. The van der Waals surface area contributed by atoms with Crippen LogP contribution in [0.25, 0.3) is 67.0 Å². The van der Waals surface area contributed by atoms with Gasteiger partial charge in [0.25, 0.3) is 0 Å². The van der Waals surface area contributed by atoms with Gasteiger partial charge in [-0.25, -0.2) is 0 Å². The van der Waals surface area contributed by atoms with Crippen LogP contribution in [0.5, 0.6) is 0 Å². The van der Waals surface area contributed by atoms with Crippen molar-refractivity contribution in [1.82, 2.24) is 15.0 Å². The Bertz CT molecular complexity index is 1820.